The van der Waals surface area contributed by atoms with Crippen molar-refractivity contribution in [3.63, 3.8) is 0 Å². The molecule has 0 unspecified atom stereocenters. The molecule has 1 aliphatic heterocycles. The summed E-state index contributed by atoms with van der Waals surface area (Å²) in [4.78, 5) is 2.64. The van der Waals surface area contributed by atoms with Gasteiger partial charge in [-0.3, -0.25) is 4.90 Å². The Kier molecular flexibility index (Phi) is 11.2. The van der Waals surface area contributed by atoms with Gasteiger partial charge in [0, 0.05) is 32.2 Å². The van der Waals surface area contributed by atoms with Crippen molar-refractivity contribution in [1.82, 2.24) is 10.2 Å². The first-order chi connectivity index (χ1) is 10.5. The molecule has 6 heteroatoms. The summed E-state index contributed by atoms with van der Waals surface area (Å²) in [6, 6.07) is 9.43. The maximum absolute atomic E-state index is 6.08. The molecule has 1 saturated heterocycles. The minimum atomic E-state index is -1.51. The Morgan fingerprint density at radius 3 is 2.17 bits per heavy atom. The van der Waals surface area contributed by atoms with Gasteiger partial charge in [0.05, 0.1) is 0 Å². The zero-order valence-corrected chi connectivity index (χ0v) is 18.1. The van der Waals surface area contributed by atoms with Crippen molar-refractivity contribution in [1.29, 1.82) is 0 Å². The molecule has 0 aliphatic carbocycles. The van der Waals surface area contributed by atoms with Gasteiger partial charge in [-0.25, -0.2) is 0 Å². The molecule has 1 aliphatic rings. The highest BCUT2D eigenvalue weighted by atomic mass is 35.5. The summed E-state index contributed by atoms with van der Waals surface area (Å²) in [6.07, 6.45) is 3.81. The van der Waals surface area contributed by atoms with E-state index in [-0.39, 0.29) is 24.8 Å². The maximum Gasteiger partial charge on any atom is 0.242 e. The number of nitrogens with one attached hydrogen (secondary N) is 1. The third-order valence-corrected chi connectivity index (χ3v) is 4.96. The van der Waals surface area contributed by atoms with E-state index in [1.54, 1.807) is 0 Å². The molecule has 24 heavy (non-hydrogen) atoms. The van der Waals surface area contributed by atoms with Crippen molar-refractivity contribution in [3.8, 4) is 5.75 Å². The molecule has 1 atom stereocenters. The molecule has 1 aromatic carbocycles. The Hall–Kier alpha value is -0.263. The molecule has 1 N–H and O–H groups in total. The van der Waals surface area contributed by atoms with Crippen molar-refractivity contribution in [3.05, 3.63) is 29.8 Å². The standard InChI is InChI=1S/C18H32N2OSi.2ClH/c1-5-6-7-18(20-14-12-19-13-15-20)16-8-10-17(11-9-16)21-22(2,3)4;;/h8-11,18-19H,5-7,12-15H2,1-4H3;2*1H/t18-;;/m0../s1. The lowest BCUT2D eigenvalue weighted by molar-refractivity contribution is 0.163. The summed E-state index contributed by atoms with van der Waals surface area (Å²) < 4.78 is 6.08. The van der Waals surface area contributed by atoms with Gasteiger partial charge in [0.25, 0.3) is 0 Å². The second-order valence-electron chi connectivity index (χ2n) is 7.23. The van der Waals surface area contributed by atoms with Crippen LogP contribution in [0.2, 0.25) is 19.6 Å². The highest BCUT2D eigenvalue weighted by molar-refractivity contribution is 6.70. The molecule has 1 heterocycles. The van der Waals surface area contributed by atoms with E-state index in [1.165, 1.54) is 24.8 Å². The number of hydrogen-bond acceptors (Lipinski definition) is 3. The number of nitrogens with zero attached hydrogens (tertiary/aromatic N) is 1. The van der Waals surface area contributed by atoms with E-state index in [0.717, 1.165) is 31.9 Å². The topological polar surface area (TPSA) is 24.5 Å². The zero-order valence-electron chi connectivity index (χ0n) is 15.5. The lowest BCUT2D eigenvalue weighted by Gasteiger charge is -2.35. The second kappa shape index (κ2) is 11.4. The van der Waals surface area contributed by atoms with Gasteiger partial charge in [-0.05, 0) is 43.8 Å². The fraction of sp³-hybridized carbons (Fsp3) is 0.667. The molecular formula is C18H34Cl2N2OSi. The molecule has 0 saturated carbocycles. The highest BCUT2D eigenvalue weighted by Gasteiger charge is 2.22. The van der Waals surface area contributed by atoms with Gasteiger partial charge >= 0.3 is 0 Å². The highest BCUT2D eigenvalue weighted by Crippen LogP contribution is 2.28. The number of halogens is 2. The Labute approximate surface area is 161 Å². The van der Waals surface area contributed by atoms with Crippen molar-refractivity contribution >= 4 is 33.1 Å². The predicted octanol–water partition coefficient (Wildman–Crippen LogP) is 4.88. The van der Waals surface area contributed by atoms with E-state index in [0.29, 0.717) is 6.04 Å². The molecular weight excluding hydrogens is 359 g/mol. The van der Waals surface area contributed by atoms with Crippen LogP contribution in [0, 0.1) is 0 Å². The SMILES string of the molecule is CCCC[C@@H](c1ccc(O[Si](C)(C)C)cc1)N1CCNCC1.Cl.Cl. The van der Waals surface area contributed by atoms with Crippen LogP contribution in [0.15, 0.2) is 24.3 Å². The van der Waals surface area contributed by atoms with E-state index in [1.807, 2.05) is 0 Å². The Morgan fingerprint density at radius 1 is 1.08 bits per heavy atom. The fourth-order valence-electron chi connectivity index (χ4n) is 3.06. The lowest BCUT2D eigenvalue weighted by Crippen LogP contribution is -2.45. The van der Waals surface area contributed by atoms with E-state index in [2.05, 4.69) is 61.0 Å². The molecule has 1 aromatic rings. The largest absolute Gasteiger partial charge is 0.544 e. The van der Waals surface area contributed by atoms with Gasteiger partial charge in [-0.1, -0.05) is 31.9 Å². The summed E-state index contributed by atoms with van der Waals surface area (Å²) in [7, 11) is -1.51. The van der Waals surface area contributed by atoms with E-state index in [9.17, 15) is 0 Å². The Balaban J connectivity index is 0.00000264. The first-order valence-electron chi connectivity index (χ1n) is 8.73. The monoisotopic (exact) mass is 392 g/mol. The molecule has 0 bridgehead atoms. The second-order valence-corrected chi connectivity index (χ2v) is 11.7. The summed E-state index contributed by atoms with van der Waals surface area (Å²) in [6.45, 7) is 13.5. The number of unbranched alkanes of at least 4 members (excludes halogenated alkanes) is 1. The minimum Gasteiger partial charge on any atom is -0.544 e. The van der Waals surface area contributed by atoms with E-state index >= 15 is 0 Å². The normalized spacial score (nSPS) is 16.7. The molecule has 0 amide bonds. The van der Waals surface area contributed by atoms with E-state index in [4.69, 9.17) is 4.43 Å². The number of rotatable bonds is 7. The molecule has 140 valence electrons. The van der Waals surface area contributed by atoms with Crippen LogP contribution in [0.1, 0.15) is 37.8 Å². The van der Waals surface area contributed by atoms with Gasteiger partial charge in [-0.15, -0.1) is 24.8 Å². The van der Waals surface area contributed by atoms with E-state index < -0.39 is 8.32 Å². The summed E-state index contributed by atoms with van der Waals surface area (Å²) in [5.41, 5.74) is 1.44. The summed E-state index contributed by atoms with van der Waals surface area (Å²) >= 11 is 0. The van der Waals surface area contributed by atoms with Gasteiger partial charge in [0.15, 0.2) is 0 Å². The summed E-state index contributed by atoms with van der Waals surface area (Å²) in [5.74, 6) is 1.03. The van der Waals surface area contributed by atoms with Crippen molar-refractivity contribution in [2.24, 2.45) is 0 Å². The van der Waals surface area contributed by atoms with Crippen LogP contribution < -0.4 is 9.74 Å². The average Bonchev–Trinajstić information content (AvgIpc) is 2.49. The molecule has 2 rings (SSSR count). The molecule has 3 nitrogen and oxygen atoms in total. The van der Waals surface area contributed by atoms with Gasteiger partial charge in [-0.2, -0.15) is 0 Å². The van der Waals surface area contributed by atoms with Gasteiger partial charge in [0.1, 0.15) is 5.75 Å². The van der Waals surface area contributed by atoms with Crippen LogP contribution in [0.3, 0.4) is 0 Å². The minimum absolute atomic E-state index is 0. The van der Waals surface area contributed by atoms with Gasteiger partial charge in [0.2, 0.25) is 8.32 Å². The first kappa shape index (κ1) is 23.7. The fourth-order valence-corrected chi connectivity index (χ4v) is 3.91. The quantitative estimate of drug-likeness (QED) is 0.668. The van der Waals surface area contributed by atoms with Crippen LogP contribution in [0.4, 0.5) is 0 Å². The number of hydrogen-bond donors (Lipinski definition) is 1. The molecule has 0 radical (unpaired) electrons. The van der Waals surface area contributed by atoms with Crippen molar-refractivity contribution in [2.75, 3.05) is 26.2 Å². The zero-order chi connectivity index (χ0) is 16.0. The first-order valence-corrected chi connectivity index (χ1v) is 12.1. The lowest BCUT2D eigenvalue weighted by atomic mass is 9.98. The van der Waals surface area contributed by atoms with Crippen LogP contribution in [-0.4, -0.2) is 39.4 Å². The Morgan fingerprint density at radius 2 is 1.67 bits per heavy atom. The van der Waals surface area contributed by atoms with Crippen LogP contribution in [-0.2, 0) is 0 Å². The van der Waals surface area contributed by atoms with Crippen LogP contribution >= 0.6 is 24.8 Å². The third-order valence-electron chi connectivity index (χ3n) is 4.11. The van der Waals surface area contributed by atoms with Crippen molar-refractivity contribution < 1.29 is 4.43 Å². The summed E-state index contributed by atoms with van der Waals surface area (Å²) in [5, 5.41) is 3.45. The molecule has 0 spiro atoms. The predicted molar refractivity (Wildman–Crippen MR) is 112 cm³/mol. The third kappa shape index (κ3) is 7.75. The van der Waals surface area contributed by atoms with Crippen molar-refractivity contribution in [2.45, 2.75) is 51.9 Å². The molecule has 1 fully saturated rings. The number of piperazine rings is 1. The number of benzene rings is 1. The Bertz CT molecular complexity index is 445. The maximum atomic E-state index is 6.08. The van der Waals surface area contributed by atoms with Gasteiger partial charge < -0.3 is 9.74 Å². The average molecular weight is 393 g/mol. The molecule has 0 aromatic heterocycles. The van der Waals surface area contributed by atoms with Crippen LogP contribution in [0.5, 0.6) is 5.75 Å². The smallest absolute Gasteiger partial charge is 0.242 e. The van der Waals surface area contributed by atoms with Crippen LogP contribution in [0.25, 0.3) is 0 Å².